The van der Waals surface area contributed by atoms with Crippen molar-refractivity contribution in [1.29, 1.82) is 0 Å². The minimum absolute atomic E-state index is 0.0743. The zero-order valence-corrected chi connectivity index (χ0v) is 17.5. The Morgan fingerprint density at radius 1 is 1.07 bits per heavy atom. The second kappa shape index (κ2) is 8.21. The molecule has 1 unspecified atom stereocenters. The van der Waals surface area contributed by atoms with Gasteiger partial charge >= 0.3 is 5.97 Å². The Kier molecular flexibility index (Phi) is 5.86. The number of aryl methyl sites for hydroxylation is 2. The summed E-state index contributed by atoms with van der Waals surface area (Å²) in [5.74, 6) is -1.20. The molecule has 1 atom stereocenters. The summed E-state index contributed by atoms with van der Waals surface area (Å²) < 4.78 is 27.9. The maximum absolute atomic E-state index is 12.7. The molecule has 0 radical (unpaired) electrons. The van der Waals surface area contributed by atoms with Crippen LogP contribution in [-0.2, 0) is 19.6 Å². The highest BCUT2D eigenvalue weighted by atomic mass is 32.2. The zero-order chi connectivity index (χ0) is 22.1. The number of anilines is 1. The van der Waals surface area contributed by atoms with E-state index in [4.69, 9.17) is 9.88 Å². The number of hydrogen-bond donors (Lipinski definition) is 2. The first kappa shape index (κ1) is 21.4. The summed E-state index contributed by atoms with van der Waals surface area (Å²) in [5.41, 5.74) is 2.69. The van der Waals surface area contributed by atoms with Gasteiger partial charge in [0.25, 0.3) is 5.91 Å². The number of amides is 1. The molecule has 8 nitrogen and oxygen atoms in total. The number of rotatable bonds is 5. The standard InChI is InChI=1S/C21H21N3O5S/c1-12-17-6-4-5-7-18(17)23-13(2)19(12)21(26)29-14(3)20(25)24-15-8-10-16(11-9-15)30(22,27)28/h4-11,14H,1-3H3,(H,24,25)(H2,22,27,28). The van der Waals surface area contributed by atoms with Crippen molar-refractivity contribution in [2.24, 2.45) is 5.14 Å². The highest BCUT2D eigenvalue weighted by Crippen LogP contribution is 2.23. The zero-order valence-electron chi connectivity index (χ0n) is 16.7. The van der Waals surface area contributed by atoms with E-state index in [1.165, 1.54) is 31.2 Å². The van der Waals surface area contributed by atoms with Crippen LogP contribution in [0.3, 0.4) is 0 Å². The number of esters is 1. The molecule has 3 rings (SSSR count). The largest absolute Gasteiger partial charge is 0.449 e. The lowest BCUT2D eigenvalue weighted by atomic mass is 10.0. The van der Waals surface area contributed by atoms with E-state index in [0.717, 1.165) is 16.5 Å². The van der Waals surface area contributed by atoms with Gasteiger partial charge in [-0.2, -0.15) is 0 Å². The van der Waals surface area contributed by atoms with Crippen LogP contribution in [0.5, 0.6) is 0 Å². The number of para-hydroxylation sites is 1. The minimum Gasteiger partial charge on any atom is -0.449 e. The average molecular weight is 427 g/mol. The molecule has 30 heavy (non-hydrogen) atoms. The molecule has 2 aromatic carbocycles. The number of nitrogens with zero attached hydrogens (tertiary/aromatic N) is 1. The summed E-state index contributed by atoms with van der Waals surface area (Å²) in [4.78, 5) is 29.5. The monoisotopic (exact) mass is 427 g/mol. The SMILES string of the molecule is Cc1nc2ccccc2c(C)c1C(=O)OC(C)C(=O)Nc1ccc(S(N)(=O)=O)cc1. The van der Waals surface area contributed by atoms with Gasteiger partial charge in [-0.15, -0.1) is 0 Å². The number of ether oxygens (including phenoxy) is 1. The number of nitrogens with one attached hydrogen (secondary N) is 1. The van der Waals surface area contributed by atoms with E-state index in [1.807, 2.05) is 31.2 Å². The number of carbonyl (C=O) groups excluding carboxylic acids is 2. The molecule has 0 aliphatic carbocycles. The van der Waals surface area contributed by atoms with Crippen LogP contribution >= 0.6 is 0 Å². The summed E-state index contributed by atoms with van der Waals surface area (Å²) in [7, 11) is -3.82. The molecule has 0 saturated heterocycles. The van der Waals surface area contributed by atoms with E-state index in [0.29, 0.717) is 16.9 Å². The van der Waals surface area contributed by atoms with Crippen LogP contribution in [0.1, 0.15) is 28.5 Å². The van der Waals surface area contributed by atoms with Gasteiger partial charge in [-0.1, -0.05) is 18.2 Å². The number of carbonyl (C=O) groups is 2. The molecule has 0 bridgehead atoms. The van der Waals surface area contributed by atoms with Crippen LogP contribution in [0.4, 0.5) is 5.69 Å². The molecule has 0 spiro atoms. The quantitative estimate of drug-likeness (QED) is 0.603. The van der Waals surface area contributed by atoms with E-state index in [2.05, 4.69) is 10.3 Å². The summed E-state index contributed by atoms with van der Waals surface area (Å²) in [5, 5.41) is 8.45. The second-order valence-corrected chi connectivity index (χ2v) is 8.38. The van der Waals surface area contributed by atoms with Gasteiger partial charge in [0.05, 0.1) is 21.7 Å². The first-order valence-corrected chi connectivity index (χ1v) is 10.6. The number of nitrogens with two attached hydrogens (primary N) is 1. The van der Waals surface area contributed by atoms with Crippen molar-refractivity contribution in [3.8, 4) is 0 Å². The molecule has 9 heteroatoms. The van der Waals surface area contributed by atoms with Crippen molar-refractivity contribution in [1.82, 2.24) is 4.98 Å². The van der Waals surface area contributed by atoms with Gasteiger partial charge < -0.3 is 10.1 Å². The van der Waals surface area contributed by atoms with Crippen molar-refractivity contribution < 1.29 is 22.7 Å². The normalized spacial score (nSPS) is 12.4. The first-order valence-electron chi connectivity index (χ1n) is 9.08. The lowest BCUT2D eigenvalue weighted by Crippen LogP contribution is -2.30. The van der Waals surface area contributed by atoms with Crippen molar-refractivity contribution in [3.63, 3.8) is 0 Å². The number of benzene rings is 2. The molecular formula is C21H21N3O5S. The van der Waals surface area contributed by atoms with E-state index < -0.39 is 28.0 Å². The molecule has 0 saturated carbocycles. The molecule has 0 aliphatic heterocycles. The maximum Gasteiger partial charge on any atom is 0.341 e. The van der Waals surface area contributed by atoms with Crippen molar-refractivity contribution in [2.75, 3.05) is 5.32 Å². The highest BCUT2D eigenvalue weighted by molar-refractivity contribution is 7.89. The number of aromatic nitrogens is 1. The van der Waals surface area contributed by atoms with Crippen LogP contribution in [0.15, 0.2) is 53.4 Å². The summed E-state index contributed by atoms with van der Waals surface area (Å²) in [6.07, 6.45) is -1.08. The second-order valence-electron chi connectivity index (χ2n) is 6.82. The van der Waals surface area contributed by atoms with Gasteiger partial charge in [-0.3, -0.25) is 9.78 Å². The third-order valence-electron chi connectivity index (χ3n) is 4.64. The Morgan fingerprint density at radius 3 is 2.33 bits per heavy atom. The number of sulfonamides is 1. The molecule has 0 fully saturated rings. The Labute approximate surface area is 174 Å². The summed E-state index contributed by atoms with van der Waals surface area (Å²) in [6, 6.07) is 12.8. The molecule has 1 amide bonds. The number of primary sulfonamides is 1. The van der Waals surface area contributed by atoms with Crippen LogP contribution in [0, 0.1) is 13.8 Å². The molecule has 156 valence electrons. The van der Waals surface area contributed by atoms with Crippen LogP contribution in [-0.4, -0.2) is 31.4 Å². The summed E-state index contributed by atoms with van der Waals surface area (Å²) in [6.45, 7) is 4.98. The fourth-order valence-corrected chi connectivity index (χ4v) is 3.59. The topological polar surface area (TPSA) is 128 Å². The van der Waals surface area contributed by atoms with Crippen molar-refractivity contribution >= 4 is 38.5 Å². The van der Waals surface area contributed by atoms with Gasteiger partial charge in [0.1, 0.15) is 0 Å². The number of pyridine rings is 1. The molecule has 3 aromatic rings. The van der Waals surface area contributed by atoms with Crippen LogP contribution in [0.25, 0.3) is 10.9 Å². The molecule has 1 aromatic heterocycles. The average Bonchev–Trinajstić information content (AvgIpc) is 2.67. The van der Waals surface area contributed by atoms with Crippen LogP contribution < -0.4 is 10.5 Å². The highest BCUT2D eigenvalue weighted by Gasteiger charge is 2.23. The predicted octanol–water partition coefficient (Wildman–Crippen LogP) is 2.68. The molecular weight excluding hydrogens is 406 g/mol. The first-order chi connectivity index (χ1) is 14.1. The Bertz CT molecular complexity index is 1240. The Hall–Kier alpha value is -3.30. The number of hydrogen-bond acceptors (Lipinski definition) is 6. The predicted molar refractivity (Wildman–Crippen MR) is 113 cm³/mol. The minimum atomic E-state index is -3.82. The fourth-order valence-electron chi connectivity index (χ4n) is 3.08. The Balaban J connectivity index is 1.74. The van der Waals surface area contributed by atoms with Gasteiger partial charge in [0.15, 0.2) is 6.10 Å². The fraction of sp³-hybridized carbons (Fsp3) is 0.190. The lowest BCUT2D eigenvalue weighted by Gasteiger charge is -2.16. The Morgan fingerprint density at radius 2 is 1.70 bits per heavy atom. The van der Waals surface area contributed by atoms with Crippen LogP contribution in [0.2, 0.25) is 0 Å². The van der Waals surface area contributed by atoms with Gasteiger partial charge in [-0.25, -0.2) is 18.4 Å². The van der Waals surface area contributed by atoms with E-state index in [-0.39, 0.29) is 4.90 Å². The molecule has 3 N–H and O–H groups in total. The third-order valence-corrected chi connectivity index (χ3v) is 5.57. The van der Waals surface area contributed by atoms with E-state index in [9.17, 15) is 18.0 Å². The van der Waals surface area contributed by atoms with E-state index in [1.54, 1.807) is 6.92 Å². The molecule has 0 aliphatic rings. The van der Waals surface area contributed by atoms with Gasteiger partial charge in [0.2, 0.25) is 10.0 Å². The molecule has 1 heterocycles. The third kappa shape index (κ3) is 4.47. The van der Waals surface area contributed by atoms with E-state index >= 15 is 0 Å². The van der Waals surface area contributed by atoms with Gasteiger partial charge in [0, 0.05) is 11.1 Å². The number of fused-ring (bicyclic) bond motifs is 1. The van der Waals surface area contributed by atoms with Crippen molar-refractivity contribution in [2.45, 2.75) is 31.8 Å². The lowest BCUT2D eigenvalue weighted by molar-refractivity contribution is -0.123. The maximum atomic E-state index is 12.7. The summed E-state index contributed by atoms with van der Waals surface area (Å²) >= 11 is 0. The van der Waals surface area contributed by atoms with Crippen molar-refractivity contribution in [3.05, 3.63) is 65.4 Å². The van der Waals surface area contributed by atoms with Gasteiger partial charge in [-0.05, 0) is 56.7 Å². The smallest absolute Gasteiger partial charge is 0.341 e.